The van der Waals surface area contributed by atoms with Gasteiger partial charge in [-0.15, -0.1) is 11.3 Å². The van der Waals surface area contributed by atoms with E-state index >= 15 is 0 Å². The summed E-state index contributed by atoms with van der Waals surface area (Å²) in [5.41, 5.74) is 3.78. The summed E-state index contributed by atoms with van der Waals surface area (Å²) >= 11 is 3.53. The van der Waals surface area contributed by atoms with Crippen LogP contribution in [-0.4, -0.2) is 11.0 Å². The fourth-order valence-electron chi connectivity index (χ4n) is 2.75. The number of thiazole rings is 1. The zero-order valence-electron chi connectivity index (χ0n) is 11.5. The van der Waals surface area contributed by atoms with Crippen molar-refractivity contribution in [3.05, 3.63) is 23.3 Å². The maximum absolute atomic E-state index is 4.76. The van der Waals surface area contributed by atoms with Crippen LogP contribution in [0.3, 0.4) is 0 Å². The molecule has 1 aromatic heterocycles. The number of benzene rings is 1. The zero-order valence-corrected chi connectivity index (χ0v) is 13.2. The summed E-state index contributed by atoms with van der Waals surface area (Å²) in [4.78, 5) is 4.76. The molecule has 102 valence electrons. The van der Waals surface area contributed by atoms with E-state index in [4.69, 9.17) is 4.98 Å². The molecule has 0 amide bonds. The highest BCUT2D eigenvalue weighted by Crippen LogP contribution is 2.31. The summed E-state index contributed by atoms with van der Waals surface area (Å²) in [6, 6.07) is 5.13. The van der Waals surface area contributed by atoms with Gasteiger partial charge in [-0.3, -0.25) is 4.72 Å². The standard InChI is InChI=1S/C15H20N2S2/c1-10-8-11(2)14-13(9-10)18-15(16-14)19-17-12-6-4-3-5-7-12/h8-9,12,17H,3-7H2,1-2H3. The smallest absolute Gasteiger partial charge is 0.166 e. The van der Waals surface area contributed by atoms with Gasteiger partial charge in [0.05, 0.1) is 10.2 Å². The highest BCUT2D eigenvalue weighted by Gasteiger charge is 2.14. The number of nitrogens with one attached hydrogen (secondary N) is 1. The third kappa shape index (κ3) is 3.12. The van der Waals surface area contributed by atoms with Crippen molar-refractivity contribution >= 4 is 33.5 Å². The molecule has 0 unspecified atom stereocenters. The Bertz CT molecular complexity index is 571. The van der Waals surface area contributed by atoms with Gasteiger partial charge in [0, 0.05) is 6.04 Å². The van der Waals surface area contributed by atoms with Crippen molar-refractivity contribution in [3.8, 4) is 0 Å². The molecule has 2 nitrogen and oxygen atoms in total. The Morgan fingerprint density at radius 3 is 2.79 bits per heavy atom. The minimum absolute atomic E-state index is 0.675. The normalized spacial score (nSPS) is 17.2. The van der Waals surface area contributed by atoms with Crippen LogP contribution in [0.5, 0.6) is 0 Å². The maximum Gasteiger partial charge on any atom is 0.166 e. The van der Waals surface area contributed by atoms with Crippen LogP contribution in [0.25, 0.3) is 10.2 Å². The van der Waals surface area contributed by atoms with Gasteiger partial charge in [0.15, 0.2) is 4.34 Å². The van der Waals surface area contributed by atoms with Gasteiger partial charge in [0.2, 0.25) is 0 Å². The fourth-order valence-corrected chi connectivity index (χ4v) is 4.84. The lowest BCUT2D eigenvalue weighted by Gasteiger charge is -2.21. The van der Waals surface area contributed by atoms with Crippen LogP contribution in [0.1, 0.15) is 43.2 Å². The molecule has 0 radical (unpaired) electrons. The van der Waals surface area contributed by atoms with Crippen molar-refractivity contribution < 1.29 is 0 Å². The van der Waals surface area contributed by atoms with Crippen LogP contribution in [0.15, 0.2) is 16.5 Å². The van der Waals surface area contributed by atoms with E-state index < -0.39 is 0 Å². The average molecular weight is 292 g/mol. The highest BCUT2D eigenvalue weighted by molar-refractivity contribution is 7.99. The molecule has 2 aromatic rings. The molecule has 0 bridgehead atoms. The van der Waals surface area contributed by atoms with Crippen LogP contribution < -0.4 is 4.72 Å². The number of aromatic nitrogens is 1. The Balaban J connectivity index is 1.72. The van der Waals surface area contributed by atoms with E-state index in [1.807, 2.05) is 0 Å². The number of aryl methyl sites for hydroxylation is 2. The monoisotopic (exact) mass is 292 g/mol. The van der Waals surface area contributed by atoms with Gasteiger partial charge < -0.3 is 0 Å². The molecule has 1 N–H and O–H groups in total. The lowest BCUT2D eigenvalue weighted by molar-refractivity contribution is 0.423. The maximum atomic E-state index is 4.76. The second-order valence-corrected chi connectivity index (χ2v) is 7.58. The van der Waals surface area contributed by atoms with Crippen molar-refractivity contribution in [2.24, 2.45) is 0 Å². The average Bonchev–Trinajstić information content (AvgIpc) is 2.81. The lowest BCUT2D eigenvalue weighted by Crippen LogP contribution is -2.25. The first-order chi connectivity index (χ1) is 9.22. The summed E-state index contributed by atoms with van der Waals surface area (Å²) in [7, 11) is 0. The molecule has 1 aliphatic carbocycles. The number of fused-ring (bicyclic) bond motifs is 1. The minimum Gasteiger partial charge on any atom is -0.255 e. The second-order valence-electron chi connectivity index (χ2n) is 5.46. The zero-order chi connectivity index (χ0) is 13.2. The van der Waals surface area contributed by atoms with Crippen LogP contribution in [0.2, 0.25) is 0 Å². The Morgan fingerprint density at radius 1 is 1.21 bits per heavy atom. The molecule has 1 saturated carbocycles. The van der Waals surface area contributed by atoms with Gasteiger partial charge >= 0.3 is 0 Å². The van der Waals surface area contributed by atoms with Crippen LogP contribution >= 0.6 is 23.3 Å². The Morgan fingerprint density at radius 2 is 2.00 bits per heavy atom. The van der Waals surface area contributed by atoms with E-state index in [2.05, 4.69) is 30.7 Å². The van der Waals surface area contributed by atoms with Crippen LogP contribution in [-0.2, 0) is 0 Å². The van der Waals surface area contributed by atoms with E-state index in [1.165, 1.54) is 53.4 Å². The van der Waals surface area contributed by atoms with Crippen molar-refractivity contribution in [1.82, 2.24) is 9.71 Å². The van der Waals surface area contributed by atoms with Crippen molar-refractivity contribution in [3.63, 3.8) is 0 Å². The summed E-state index contributed by atoms with van der Waals surface area (Å²) < 4.78 is 6.06. The predicted molar refractivity (Wildman–Crippen MR) is 85.0 cm³/mol. The third-order valence-corrected chi connectivity index (χ3v) is 5.74. The molecular weight excluding hydrogens is 272 g/mol. The van der Waals surface area contributed by atoms with Crippen LogP contribution in [0.4, 0.5) is 0 Å². The predicted octanol–water partition coefficient (Wildman–Crippen LogP) is 4.84. The summed E-state index contributed by atoms with van der Waals surface area (Å²) in [5.74, 6) is 0. The van der Waals surface area contributed by atoms with Gasteiger partial charge in [-0.1, -0.05) is 25.3 Å². The van der Waals surface area contributed by atoms with Crippen molar-refractivity contribution in [2.45, 2.75) is 56.3 Å². The molecule has 1 fully saturated rings. The molecule has 0 spiro atoms. The first-order valence-electron chi connectivity index (χ1n) is 7.02. The molecular formula is C15H20N2S2. The first-order valence-corrected chi connectivity index (χ1v) is 8.66. The summed E-state index contributed by atoms with van der Waals surface area (Å²) in [6.45, 7) is 4.30. The van der Waals surface area contributed by atoms with Gasteiger partial charge in [0.25, 0.3) is 0 Å². The van der Waals surface area contributed by atoms with Gasteiger partial charge in [-0.2, -0.15) is 0 Å². The van der Waals surface area contributed by atoms with Gasteiger partial charge in [-0.05, 0) is 55.8 Å². The molecule has 0 aliphatic heterocycles. The third-order valence-electron chi connectivity index (χ3n) is 3.73. The lowest BCUT2D eigenvalue weighted by atomic mass is 9.96. The number of hydrogen-bond donors (Lipinski definition) is 1. The van der Waals surface area contributed by atoms with Gasteiger partial charge in [-0.25, -0.2) is 4.98 Å². The van der Waals surface area contributed by atoms with E-state index in [1.54, 1.807) is 23.3 Å². The molecule has 1 heterocycles. The number of nitrogens with zero attached hydrogens (tertiary/aromatic N) is 1. The summed E-state index contributed by atoms with van der Waals surface area (Å²) in [6.07, 6.45) is 6.78. The molecule has 0 saturated heterocycles. The first kappa shape index (κ1) is 13.4. The van der Waals surface area contributed by atoms with Crippen molar-refractivity contribution in [2.75, 3.05) is 0 Å². The molecule has 3 rings (SSSR count). The molecule has 19 heavy (non-hydrogen) atoms. The quantitative estimate of drug-likeness (QED) is 0.819. The Labute approximate surface area is 123 Å². The van der Waals surface area contributed by atoms with Crippen LogP contribution in [0, 0.1) is 13.8 Å². The minimum atomic E-state index is 0.675. The SMILES string of the molecule is Cc1cc(C)c2nc(SNC3CCCCC3)sc2c1. The van der Waals surface area contributed by atoms with Gasteiger partial charge in [0.1, 0.15) is 0 Å². The Kier molecular flexibility index (Phi) is 4.10. The second kappa shape index (κ2) is 5.81. The van der Waals surface area contributed by atoms with E-state index in [0.717, 1.165) is 4.34 Å². The number of hydrogen-bond acceptors (Lipinski definition) is 4. The van der Waals surface area contributed by atoms with Crippen molar-refractivity contribution in [1.29, 1.82) is 0 Å². The highest BCUT2D eigenvalue weighted by atomic mass is 32.2. The largest absolute Gasteiger partial charge is 0.255 e. The molecule has 1 aliphatic rings. The molecule has 1 aromatic carbocycles. The van der Waals surface area contributed by atoms with E-state index in [-0.39, 0.29) is 0 Å². The summed E-state index contributed by atoms with van der Waals surface area (Å²) in [5, 5.41) is 0. The fraction of sp³-hybridized carbons (Fsp3) is 0.533. The van der Waals surface area contributed by atoms with E-state index in [9.17, 15) is 0 Å². The molecule has 0 atom stereocenters. The number of rotatable bonds is 3. The topological polar surface area (TPSA) is 24.9 Å². The van der Waals surface area contributed by atoms with E-state index in [0.29, 0.717) is 6.04 Å². The Hall–Kier alpha value is -0.580. The molecule has 4 heteroatoms.